The highest BCUT2D eigenvalue weighted by atomic mass is 16.6. The number of carbonyl (C=O) groups excluding carboxylic acids is 15. The van der Waals surface area contributed by atoms with E-state index in [1.165, 1.54) is 18.2 Å². The third-order valence-electron chi connectivity index (χ3n) is 20.6. The summed E-state index contributed by atoms with van der Waals surface area (Å²) in [5.74, 6) is -8.90. The van der Waals surface area contributed by atoms with Crippen molar-refractivity contribution in [1.29, 1.82) is 0 Å². The first-order valence-corrected chi connectivity index (χ1v) is 48.3. The van der Waals surface area contributed by atoms with Gasteiger partial charge in [-0.05, 0) is 76.0 Å². The molecule has 0 bridgehead atoms. The largest absolute Gasteiger partial charge is 0.462 e. The van der Waals surface area contributed by atoms with Gasteiger partial charge in [-0.15, -0.1) is 0 Å². The molecule has 738 valence electrons. The number of hydrogen-bond acceptors (Lipinski definition) is 33. The van der Waals surface area contributed by atoms with Gasteiger partial charge in [-0.25, -0.2) is 14.4 Å². The number of hydrogen-bond donors (Lipinski definition) is 0. The van der Waals surface area contributed by atoms with Crippen LogP contribution in [0.4, 0.5) is 0 Å². The first-order chi connectivity index (χ1) is 62.5. The minimum atomic E-state index is -0.973. The number of unbranched alkanes of at least 4 members (excludes halogenated alkanes) is 24. The fourth-order valence-electron chi connectivity index (χ4n) is 13.1. The van der Waals surface area contributed by atoms with E-state index in [9.17, 15) is 71.9 Å². The molecule has 1 aromatic carbocycles. The van der Waals surface area contributed by atoms with E-state index < -0.39 is 89.5 Å². The highest BCUT2D eigenvalue weighted by Gasteiger charge is 2.23. The van der Waals surface area contributed by atoms with Crippen molar-refractivity contribution in [2.24, 2.45) is 0 Å². The van der Waals surface area contributed by atoms with E-state index in [0.717, 1.165) is 154 Å². The molecular weight excluding hydrogens is 1680 g/mol. The Balaban J connectivity index is 3.56. The van der Waals surface area contributed by atoms with Crippen molar-refractivity contribution < 1.29 is 143 Å². The van der Waals surface area contributed by atoms with E-state index in [1.54, 1.807) is 14.7 Å². The molecule has 0 spiro atoms. The first-order valence-electron chi connectivity index (χ1n) is 48.3. The molecular formula is C96H159N3O30. The molecule has 1 rings (SSSR count). The van der Waals surface area contributed by atoms with E-state index in [1.807, 2.05) is 0 Å². The summed E-state index contributed by atoms with van der Waals surface area (Å²) < 4.78 is 80.9. The van der Waals surface area contributed by atoms with Crippen LogP contribution in [0.1, 0.15) is 362 Å². The molecule has 0 aliphatic heterocycles. The van der Waals surface area contributed by atoms with Crippen molar-refractivity contribution in [2.45, 2.75) is 330 Å². The highest BCUT2D eigenvalue weighted by Crippen LogP contribution is 2.19. The normalized spacial score (nSPS) is 11.0. The predicted octanol–water partition coefficient (Wildman–Crippen LogP) is 15.3. The SMILES string of the molecule is CCCCCCCC(=O)OCCOC(=O)CCN(CCCOC(=O)c1cc(C(=O)OCCCN(CCC(=O)OCCOC(=O)CCCCCCC)CCC(=O)OCCOC(=O)CCCCCCC)cc(C(=O)OCCCN(CCC(=O)OCCOC(=O)CCCCCCC)CCC(=O)OCCOC(=O)CCCCCCC)c1)CCC(=O)OCCOC(=O)CCCCCCC. The smallest absolute Gasteiger partial charge is 0.338 e. The zero-order valence-corrected chi connectivity index (χ0v) is 79.1. The van der Waals surface area contributed by atoms with Gasteiger partial charge >= 0.3 is 89.5 Å². The van der Waals surface area contributed by atoms with Crippen LogP contribution < -0.4 is 0 Å². The van der Waals surface area contributed by atoms with Gasteiger partial charge in [-0.3, -0.25) is 57.5 Å². The van der Waals surface area contributed by atoms with E-state index in [-0.39, 0.29) is 271 Å². The Labute approximate surface area is 767 Å². The topological polar surface area (TPSA) is 404 Å². The molecule has 0 aliphatic rings. The Morgan fingerprint density at radius 3 is 0.450 bits per heavy atom. The van der Waals surface area contributed by atoms with Gasteiger partial charge in [0, 0.05) is 97.4 Å². The summed E-state index contributed by atoms with van der Waals surface area (Å²) >= 11 is 0. The van der Waals surface area contributed by atoms with Crippen molar-refractivity contribution in [1.82, 2.24) is 14.7 Å². The lowest BCUT2D eigenvalue weighted by atomic mass is 10.1. The molecule has 33 heteroatoms. The summed E-state index contributed by atoms with van der Waals surface area (Å²) in [6.45, 7) is 11.0. The molecule has 0 radical (unpaired) electrons. The number of rotatable bonds is 87. The zero-order valence-electron chi connectivity index (χ0n) is 79.1. The first kappa shape index (κ1) is 118. The van der Waals surface area contributed by atoms with Gasteiger partial charge < -0.3 is 85.8 Å². The number of benzene rings is 1. The van der Waals surface area contributed by atoms with Gasteiger partial charge in [0.15, 0.2) is 0 Å². The Bertz CT molecular complexity index is 2750. The van der Waals surface area contributed by atoms with Crippen molar-refractivity contribution in [2.75, 3.05) is 158 Å². The Morgan fingerprint density at radius 2 is 0.302 bits per heavy atom. The van der Waals surface area contributed by atoms with Gasteiger partial charge in [0.1, 0.15) is 79.3 Å². The van der Waals surface area contributed by atoms with Crippen LogP contribution in [0.2, 0.25) is 0 Å². The molecule has 0 fully saturated rings. The highest BCUT2D eigenvalue weighted by molar-refractivity contribution is 6.00. The summed E-state index contributed by atoms with van der Waals surface area (Å²) in [7, 11) is 0. The van der Waals surface area contributed by atoms with Gasteiger partial charge in [0.05, 0.1) is 75.0 Å². The van der Waals surface area contributed by atoms with Crippen molar-refractivity contribution in [3.8, 4) is 0 Å². The number of carbonyl (C=O) groups is 15. The lowest BCUT2D eigenvalue weighted by Gasteiger charge is -2.22. The summed E-state index contributed by atoms with van der Waals surface area (Å²) in [6.07, 6.45) is 29.6. The van der Waals surface area contributed by atoms with Crippen LogP contribution in [0.25, 0.3) is 0 Å². The molecule has 0 unspecified atom stereocenters. The lowest BCUT2D eigenvalue weighted by Crippen LogP contribution is -2.31. The third-order valence-corrected chi connectivity index (χ3v) is 20.6. The summed E-state index contributed by atoms with van der Waals surface area (Å²) in [4.78, 5) is 200. The molecule has 0 aliphatic carbocycles. The minimum Gasteiger partial charge on any atom is -0.462 e. The molecule has 129 heavy (non-hydrogen) atoms. The van der Waals surface area contributed by atoms with Crippen LogP contribution in [-0.4, -0.2) is 262 Å². The maximum atomic E-state index is 14.2. The van der Waals surface area contributed by atoms with Crippen LogP contribution in [0.5, 0.6) is 0 Å². The van der Waals surface area contributed by atoms with E-state index in [0.29, 0.717) is 38.5 Å². The molecule has 0 aromatic heterocycles. The van der Waals surface area contributed by atoms with Gasteiger partial charge in [0.25, 0.3) is 0 Å². The van der Waals surface area contributed by atoms with E-state index >= 15 is 0 Å². The molecule has 0 heterocycles. The molecule has 1 aromatic rings. The second kappa shape index (κ2) is 83.5. The fraction of sp³-hybridized carbons (Fsp3) is 0.781. The molecule has 0 N–H and O–H groups in total. The second-order valence-corrected chi connectivity index (χ2v) is 31.9. The van der Waals surface area contributed by atoms with E-state index in [4.69, 9.17) is 71.1 Å². The predicted molar refractivity (Wildman–Crippen MR) is 480 cm³/mol. The van der Waals surface area contributed by atoms with Gasteiger partial charge in [0.2, 0.25) is 0 Å². The quantitative estimate of drug-likeness (QED) is 0.0332. The summed E-state index contributed by atoms with van der Waals surface area (Å²) in [5, 5.41) is 0. The van der Waals surface area contributed by atoms with Crippen molar-refractivity contribution in [3.05, 3.63) is 34.9 Å². The van der Waals surface area contributed by atoms with Gasteiger partial charge in [-0.1, -0.05) is 196 Å². The summed E-state index contributed by atoms with van der Waals surface area (Å²) in [5.41, 5.74) is -0.784. The van der Waals surface area contributed by atoms with Crippen LogP contribution in [0.15, 0.2) is 18.2 Å². The Kier molecular flexibility index (Phi) is 76.5. The fourth-order valence-corrected chi connectivity index (χ4v) is 13.1. The molecule has 0 saturated heterocycles. The van der Waals surface area contributed by atoms with Gasteiger partial charge in [-0.2, -0.15) is 0 Å². The van der Waals surface area contributed by atoms with Crippen LogP contribution in [-0.2, 0) is 129 Å². The zero-order chi connectivity index (χ0) is 94.6. The minimum absolute atomic E-state index is 0.0771. The van der Waals surface area contributed by atoms with Crippen LogP contribution in [0, 0.1) is 0 Å². The standard InChI is InChI=1S/C96H159N3O30/c1-7-13-19-25-31-40-82(100)115-64-70-121-88(106)46-55-97(56-47-89(107)122-71-65-116-83(101)41-32-26-20-14-8-2)52-37-61-127-94(112)79-76-80(95(113)128-62-38-53-98(57-48-90(108)123-72-66-117-84(102)42-33-27-21-15-9-3)58-49-91(109)124-73-67-118-85(103)43-34-28-22-16-10-4)78-81(77-79)96(114)129-63-39-54-99(59-50-92(110)125-74-68-119-86(104)44-35-29-23-17-11-5)60-51-93(111)126-75-69-120-87(105)45-36-30-24-18-12-6/h76-78H,7-75H2,1-6H3. The second-order valence-electron chi connectivity index (χ2n) is 31.9. The molecule has 0 amide bonds. The Morgan fingerprint density at radius 1 is 0.163 bits per heavy atom. The van der Waals surface area contributed by atoms with Crippen LogP contribution >= 0.6 is 0 Å². The molecule has 0 atom stereocenters. The number of nitrogens with zero attached hydrogens (tertiary/aromatic N) is 3. The molecule has 0 saturated carbocycles. The average Bonchev–Trinajstić information content (AvgIpc) is 0.825. The maximum Gasteiger partial charge on any atom is 0.338 e. The number of ether oxygens (including phenoxy) is 15. The third kappa shape index (κ3) is 72.5. The monoisotopic (exact) mass is 1830 g/mol. The number of esters is 15. The van der Waals surface area contributed by atoms with Crippen molar-refractivity contribution >= 4 is 89.5 Å². The van der Waals surface area contributed by atoms with E-state index in [2.05, 4.69) is 41.5 Å². The van der Waals surface area contributed by atoms with Crippen molar-refractivity contribution in [3.63, 3.8) is 0 Å². The maximum absolute atomic E-state index is 14.2. The van der Waals surface area contributed by atoms with Crippen LogP contribution in [0.3, 0.4) is 0 Å². The lowest BCUT2D eigenvalue weighted by molar-refractivity contribution is -0.153. The molecule has 33 nitrogen and oxygen atoms in total. The Hall–Kier alpha value is -8.85. The average molecular weight is 1840 g/mol. The summed E-state index contributed by atoms with van der Waals surface area (Å²) in [6, 6.07) is 3.51.